The van der Waals surface area contributed by atoms with Gasteiger partial charge in [0.05, 0.1) is 7.14 Å². The lowest BCUT2D eigenvalue weighted by Crippen LogP contribution is -2.04. The summed E-state index contributed by atoms with van der Waals surface area (Å²) in [5.41, 5.74) is 1.14. The third-order valence-corrected chi connectivity index (χ3v) is 5.50. The van der Waals surface area contributed by atoms with Gasteiger partial charge in [0.15, 0.2) is 5.75 Å². The van der Waals surface area contributed by atoms with Crippen molar-refractivity contribution in [2.45, 2.75) is 39.0 Å². The van der Waals surface area contributed by atoms with Crippen LogP contribution in [0.1, 0.15) is 38.2 Å². The maximum atomic E-state index is 12.1. The number of Topliss-reactive ketones (excluding diaryl/α,β-unsaturated/α-hetero) is 1. The van der Waals surface area contributed by atoms with Crippen LogP contribution in [0.4, 0.5) is 0 Å². The van der Waals surface area contributed by atoms with Crippen molar-refractivity contribution >= 4 is 51.0 Å². The molecule has 2 rings (SSSR count). The molecule has 1 N–H and O–H groups in total. The van der Waals surface area contributed by atoms with Gasteiger partial charge in [-0.3, -0.25) is 4.79 Å². The number of carbonyl (C=O) groups excluding carboxylic acids is 1. The molecule has 0 aliphatic carbocycles. The zero-order chi connectivity index (χ0) is 19.6. The van der Waals surface area contributed by atoms with Crippen LogP contribution < -0.4 is 4.74 Å². The van der Waals surface area contributed by atoms with Gasteiger partial charge in [0, 0.05) is 26.1 Å². The van der Waals surface area contributed by atoms with Crippen molar-refractivity contribution in [2.24, 2.45) is 0 Å². The maximum absolute atomic E-state index is 12.1. The Hall–Kier alpha value is -0.870. The summed E-state index contributed by atoms with van der Waals surface area (Å²) in [4.78, 5) is 12.1. The molecule has 0 saturated heterocycles. The van der Waals surface area contributed by atoms with Crippen LogP contribution in [-0.2, 0) is 16.0 Å². The van der Waals surface area contributed by atoms with Crippen LogP contribution in [0.2, 0.25) is 0 Å². The van der Waals surface area contributed by atoms with Gasteiger partial charge in [-0.05, 0) is 106 Å². The Morgan fingerprint density at radius 1 is 1.04 bits per heavy atom. The predicted octanol–water partition coefficient (Wildman–Crippen LogP) is 6.10. The van der Waals surface area contributed by atoms with E-state index in [9.17, 15) is 9.90 Å². The minimum atomic E-state index is 0.212. The number of hydrogen-bond donors (Lipinski definition) is 1. The van der Waals surface area contributed by atoms with Crippen LogP contribution in [0.3, 0.4) is 0 Å². The van der Waals surface area contributed by atoms with Crippen molar-refractivity contribution in [3.8, 4) is 17.2 Å². The second kappa shape index (κ2) is 11.9. The average molecular weight is 594 g/mol. The molecule has 0 amide bonds. The van der Waals surface area contributed by atoms with E-state index in [4.69, 9.17) is 9.47 Å². The normalized spacial score (nSPS) is 10.8. The van der Waals surface area contributed by atoms with E-state index < -0.39 is 0 Å². The minimum Gasteiger partial charge on any atom is -0.508 e. The van der Waals surface area contributed by atoms with Crippen LogP contribution >= 0.6 is 45.2 Å². The Balaban J connectivity index is 1.88. The van der Waals surface area contributed by atoms with Gasteiger partial charge in [-0.25, -0.2) is 0 Å². The highest BCUT2D eigenvalue weighted by atomic mass is 127. The number of carbonyl (C=O) groups is 1. The summed E-state index contributed by atoms with van der Waals surface area (Å²) in [5.74, 6) is 1.97. The highest BCUT2D eigenvalue weighted by molar-refractivity contribution is 14.1. The fourth-order valence-electron chi connectivity index (χ4n) is 2.51. The van der Waals surface area contributed by atoms with Crippen LogP contribution in [0, 0.1) is 7.14 Å². The molecule has 0 saturated carbocycles. The lowest BCUT2D eigenvalue weighted by atomic mass is 10.1. The first-order chi connectivity index (χ1) is 13.0. The SMILES string of the molecule is CCCOCCCC(=O)CCc1cc(I)c(Oc2ccc(O)cc2)c(I)c1. The molecular formula is C21H24I2O4. The van der Waals surface area contributed by atoms with Gasteiger partial charge in [0.2, 0.25) is 0 Å². The molecule has 4 nitrogen and oxygen atoms in total. The van der Waals surface area contributed by atoms with E-state index in [0.29, 0.717) is 25.2 Å². The molecule has 0 aliphatic rings. The molecular weight excluding hydrogens is 570 g/mol. The first-order valence-corrected chi connectivity index (χ1v) is 11.2. The Morgan fingerprint density at radius 3 is 2.33 bits per heavy atom. The molecule has 0 radical (unpaired) electrons. The smallest absolute Gasteiger partial charge is 0.154 e. The van der Waals surface area contributed by atoms with Gasteiger partial charge >= 0.3 is 0 Å². The summed E-state index contributed by atoms with van der Waals surface area (Å²) in [6.45, 7) is 3.51. The molecule has 0 aromatic heterocycles. The zero-order valence-electron chi connectivity index (χ0n) is 15.3. The van der Waals surface area contributed by atoms with Gasteiger partial charge in [-0.1, -0.05) is 6.92 Å². The second-order valence-electron chi connectivity index (χ2n) is 6.24. The van der Waals surface area contributed by atoms with Gasteiger partial charge in [-0.15, -0.1) is 0 Å². The zero-order valence-corrected chi connectivity index (χ0v) is 19.7. The second-order valence-corrected chi connectivity index (χ2v) is 8.56. The van der Waals surface area contributed by atoms with E-state index >= 15 is 0 Å². The first kappa shape index (κ1) is 22.4. The van der Waals surface area contributed by atoms with Gasteiger partial charge < -0.3 is 14.6 Å². The molecule has 27 heavy (non-hydrogen) atoms. The van der Waals surface area contributed by atoms with Gasteiger partial charge in [-0.2, -0.15) is 0 Å². The number of aromatic hydroxyl groups is 1. The lowest BCUT2D eigenvalue weighted by molar-refractivity contribution is -0.119. The summed E-state index contributed by atoms with van der Waals surface area (Å²) in [6.07, 6.45) is 3.68. The molecule has 0 aliphatic heterocycles. The van der Waals surface area contributed by atoms with E-state index in [2.05, 4.69) is 64.2 Å². The van der Waals surface area contributed by atoms with Crippen molar-refractivity contribution in [2.75, 3.05) is 13.2 Å². The molecule has 146 valence electrons. The number of ketones is 1. The molecule has 6 heteroatoms. The van der Waals surface area contributed by atoms with Gasteiger partial charge in [0.25, 0.3) is 0 Å². The molecule has 0 fully saturated rings. The standard InChI is InChI=1S/C21H24I2O4/c1-2-11-26-12-3-4-16(24)6-5-15-13-19(22)21(20(23)14-15)27-18-9-7-17(25)8-10-18/h7-10,13-14,25H,2-6,11-12H2,1H3. The summed E-state index contributed by atoms with van der Waals surface area (Å²) in [6, 6.07) is 10.8. The number of phenols is 1. The summed E-state index contributed by atoms with van der Waals surface area (Å²) in [5, 5.41) is 9.37. The highest BCUT2D eigenvalue weighted by Crippen LogP contribution is 2.33. The maximum Gasteiger partial charge on any atom is 0.154 e. The Morgan fingerprint density at radius 2 is 1.70 bits per heavy atom. The highest BCUT2D eigenvalue weighted by Gasteiger charge is 2.11. The van der Waals surface area contributed by atoms with Crippen molar-refractivity contribution in [3.05, 3.63) is 49.1 Å². The quantitative estimate of drug-likeness (QED) is 0.253. The van der Waals surface area contributed by atoms with E-state index in [1.807, 2.05) is 0 Å². The Kier molecular flexibility index (Phi) is 9.84. The molecule has 0 atom stereocenters. The number of ether oxygens (including phenoxy) is 2. The topological polar surface area (TPSA) is 55.8 Å². The third-order valence-electron chi connectivity index (χ3n) is 3.90. The summed E-state index contributed by atoms with van der Waals surface area (Å²) >= 11 is 4.51. The average Bonchev–Trinajstić information content (AvgIpc) is 2.64. The Labute approximate surface area is 187 Å². The molecule has 0 unspecified atom stereocenters. The van der Waals surface area contributed by atoms with E-state index in [0.717, 1.165) is 44.3 Å². The molecule has 0 spiro atoms. The molecule has 0 bridgehead atoms. The molecule has 2 aromatic carbocycles. The largest absolute Gasteiger partial charge is 0.508 e. The van der Waals surface area contributed by atoms with E-state index in [1.165, 1.54) is 0 Å². The molecule has 2 aromatic rings. The summed E-state index contributed by atoms with van der Waals surface area (Å²) < 4.78 is 13.4. The summed E-state index contributed by atoms with van der Waals surface area (Å²) in [7, 11) is 0. The van der Waals surface area contributed by atoms with E-state index in [-0.39, 0.29) is 11.5 Å². The monoisotopic (exact) mass is 594 g/mol. The van der Waals surface area contributed by atoms with Gasteiger partial charge in [0.1, 0.15) is 17.3 Å². The van der Waals surface area contributed by atoms with Crippen molar-refractivity contribution < 1.29 is 19.4 Å². The fraction of sp³-hybridized carbons (Fsp3) is 0.381. The van der Waals surface area contributed by atoms with Crippen molar-refractivity contribution in [3.63, 3.8) is 0 Å². The minimum absolute atomic E-state index is 0.212. The van der Waals surface area contributed by atoms with Crippen LogP contribution in [0.25, 0.3) is 0 Å². The van der Waals surface area contributed by atoms with Crippen LogP contribution in [-0.4, -0.2) is 24.1 Å². The van der Waals surface area contributed by atoms with E-state index in [1.54, 1.807) is 24.3 Å². The Bertz CT molecular complexity index is 721. The van der Waals surface area contributed by atoms with Crippen LogP contribution in [0.15, 0.2) is 36.4 Å². The molecule has 0 heterocycles. The fourth-order valence-corrected chi connectivity index (χ4v) is 4.63. The van der Waals surface area contributed by atoms with Crippen LogP contribution in [0.5, 0.6) is 17.2 Å². The predicted molar refractivity (Wildman–Crippen MR) is 124 cm³/mol. The number of halogens is 2. The third kappa shape index (κ3) is 7.95. The number of hydrogen-bond acceptors (Lipinski definition) is 4. The number of rotatable bonds is 11. The number of benzene rings is 2. The first-order valence-electron chi connectivity index (χ1n) is 9.04. The lowest BCUT2D eigenvalue weighted by Gasteiger charge is -2.12. The van der Waals surface area contributed by atoms with Crippen molar-refractivity contribution in [1.29, 1.82) is 0 Å². The number of aryl methyl sites for hydroxylation is 1. The number of phenolic OH excluding ortho intramolecular Hbond substituents is 1. The van der Waals surface area contributed by atoms with Crippen molar-refractivity contribution in [1.82, 2.24) is 0 Å².